The molecule has 0 aliphatic carbocycles. The molecule has 0 aliphatic heterocycles. The molecule has 2 aromatic carbocycles. The molecule has 152 valence electrons. The second-order valence-electron chi connectivity index (χ2n) is 7.65. The molecule has 1 N–H and O–H groups in total. The highest BCUT2D eigenvalue weighted by Crippen LogP contribution is 2.33. The molecule has 0 radical (unpaired) electrons. The van der Waals surface area contributed by atoms with Crippen LogP contribution in [0.5, 0.6) is 0 Å². The third-order valence-corrected chi connectivity index (χ3v) is 5.56. The van der Waals surface area contributed by atoms with Crippen LogP contribution in [-0.2, 0) is 4.79 Å². The minimum absolute atomic E-state index is 0.0827. The lowest BCUT2D eigenvalue weighted by Crippen LogP contribution is -2.17. The van der Waals surface area contributed by atoms with E-state index >= 15 is 0 Å². The highest BCUT2D eigenvalue weighted by Gasteiger charge is 2.17. The quantitative estimate of drug-likeness (QED) is 0.483. The lowest BCUT2D eigenvalue weighted by atomic mass is 9.92. The first-order valence-electron chi connectivity index (χ1n) is 9.81. The van der Waals surface area contributed by atoms with Crippen LogP contribution in [0.1, 0.15) is 56.2 Å². The van der Waals surface area contributed by atoms with Crippen molar-refractivity contribution in [2.75, 3.05) is 11.1 Å². The molecule has 3 aromatic rings. The average molecular weight is 410 g/mol. The number of hydrogen-bond acceptors (Lipinski definition) is 5. The lowest BCUT2D eigenvalue weighted by Gasteiger charge is -2.20. The Balaban J connectivity index is 1.69. The van der Waals surface area contributed by atoms with Gasteiger partial charge in [-0.05, 0) is 41.5 Å². The Bertz CT molecular complexity index is 969. The zero-order valence-electron chi connectivity index (χ0n) is 17.5. The van der Waals surface area contributed by atoms with Gasteiger partial charge in [0.2, 0.25) is 11.8 Å². The molecule has 0 saturated heterocycles. The zero-order valence-corrected chi connectivity index (χ0v) is 18.3. The van der Waals surface area contributed by atoms with Crippen LogP contribution in [0, 0.1) is 6.92 Å². The van der Waals surface area contributed by atoms with Crippen molar-refractivity contribution in [1.29, 1.82) is 0 Å². The number of anilines is 1. The van der Waals surface area contributed by atoms with E-state index in [-0.39, 0.29) is 11.7 Å². The first kappa shape index (κ1) is 21.1. The van der Waals surface area contributed by atoms with E-state index in [4.69, 9.17) is 4.42 Å². The van der Waals surface area contributed by atoms with Gasteiger partial charge in [-0.15, -0.1) is 10.2 Å². The van der Waals surface area contributed by atoms with Crippen molar-refractivity contribution < 1.29 is 9.21 Å². The van der Waals surface area contributed by atoms with Crippen molar-refractivity contribution in [2.45, 2.75) is 51.7 Å². The summed E-state index contributed by atoms with van der Waals surface area (Å²) in [5.74, 6) is 1.24. The van der Waals surface area contributed by atoms with Crippen molar-refractivity contribution in [3.05, 3.63) is 59.2 Å². The number of para-hydroxylation sites is 1. The number of amides is 1. The van der Waals surface area contributed by atoms with Crippen molar-refractivity contribution in [3.63, 3.8) is 0 Å². The largest absolute Gasteiger partial charge is 0.411 e. The van der Waals surface area contributed by atoms with E-state index in [0.717, 1.165) is 27.9 Å². The van der Waals surface area contributed by atoms with Gasteiger partial charge in [0.15, 0.2) is 0 Å². The molecule has 1 heterocycles. The molecule has 0 unspecified atom stereocenters. The van der Waals surface area contributed by atoms with Crippen LogP contribution in [0.25, 0.3) is 11.5 Å². The lowest BCUT2D eigenvalue weighted by molar-refractivity contribution is -0.113. The monoisotopic (exact) mass is 409 g/mol. The fourth-order valence-electron chi connectivity index (χ4n) is 3.19. The molecule has 0 aliphatic rings. The molecule has 3 rings (SSSR count). The smallest absolute Gasteiger partial charge is 0.277 e. The van der Waals surface area contributed by atoms with Gasteiger partial charge in [0.25, 0.3) is 5.22 Å². The van der Waals surface area contributed by atoms with E-state index in [0.29, 0.717) is 22.9 Å². The number of thioether (sulfide) groups is 1. The van der Waals surface area contributed by atoms with Crippen LogP contribution in [0.15, 0.2) is 52.1 Å². The first-order valence-corrected chi connectivity index (χ1v) is 10.8. The molecule has 1 aromatic heterocycles. The van der Waals surface area contributed by atoms with Crippen LogP contribution in [-0.4, -0.2) is 21.9 Å². The molecule has 6 heteroatoms. The number of nitrogens with zero attached hydrogens (tertiary/aromatic N) is 2. The molecule has 1 amide bonds. The van der Waals surface area contributed by atoms with Crippen molar-refractivity contribution in [3.8, 4) is 11.5 Å². The van der Waals surface area contributed by atoms with Gasteiger partial charge in [-0.25, -0.2) is 0 Å². The minimum atomic E-state index is -0.0827. The van der Waals surface area contributed by atoms with Crippen LogP contribution in [0.3, 0.4) is 0 Å². The summed E-state index contributed by atoms with van der Waals surface area (Å²) in [5.41, 5.74) is 5.19. The Hall–Kier alpha value is -2.60. The van der Waals surface area contributed by atoms with Crippen molar-refractivity contribution >= 4 is 23.4 Å². The second-order valence-corrected chi connectivity index (χ2v) is 8.57. The van der Waals surface area contributed by atoms with Crippen molar-refractivity contribution in [2.24, 2.45) is 0 Å². The molecular formula is C23H27N3O2S. The Morgan fingerprint density at radius 2 is 1.66 bits per heavy atom. The minimum Gasteiger partial charge on any atom is -0.411 e. The van der Waals surface area contributed by atoms with Crippen LogP contribution in [0.2, 0.25) is 0 Å². The second kappa shape index (κ2) is 9.27. The summed E-state index contributed by atoms with van der Waals surface area (Å²) in [6, 6.07) is 14.1. The third kappa shape index (κ3) is 5.07. The SMILES string of the molecule is Cc1ccccc1-c1nnc(SCC(=O)Nc2c(C(C)C)cccc2C(C)C)o1. The Morgan fingerprint density at radius 1 is 1.00 bits per heavy atom. The molecule has 29 heavy (non-hydrogen) atoms. The summed E-state index contributed by atoms with van der Waals surface area (Å²) in [6.07, 6.45) is 0. The number of benzene rings is 2. The maximum Gasteiger partial charge on any atom is 0.277 e. The van der Waals surface area contributed by atoms with Crippen LogP contribution >= 0.6 is 11.8 Å². The van der Waals surface area contributed by atoms with E-state index in [2.05, 4.69) is 61.4 Å². The van der Waals surface area contributed by atoms with Gasteiger partial charge in [-0.2, -0.15) is 0 Å². The van der Waals surface area contributed by atoms with Gasteiger partial charge >= 0.3 is 0 Å². The average Bonchev–Trinajstić information content (AvgIpc) is 3.15. The summed E-state index contributed by atoms with van der Waals surface area (Å²) in [5, 5.41) is 11.7. The first-order chi connectivity index (χ1) is 13.9. The van der Waals surface area contributed by atoms with Gasteiger partial charge in [0.1, 0.15) is 0 Å². The Labute approximate surface area is 176 Å². The van der Waals surface area contributed by atoms with E-state index in [9.17, 15) is 4.79 Å². The maximum absolute atomic E-state index is 12.6. The molecule has 0 atom stereocenters. The fraction of sp³-hybridized carbons (Fsp3) is 0.348. The number of nitrogens with one attached hydrogen (secondary N) is 1. The molecule has 0 bridgehead atoms. The predicted molar refractivity (Wildman–Crippen MR) is 118 cm³/mol. The zero-order chi connectivity index (χ0) is 21.0. The number of aromatic nitrogens is 2. The number of hydrogen-bond donors (Lipinski definition) is 1. The summed E-state index contributed by atoms with van der Waals surface area (Å²) < 4.78 is 5.74. The van der Waals surface area contributed by atoms with Gasteiger partial charge in [-0.1, -0.05) is 75.9 Å². The summed E-state index contributed by atoms with van der Waals surface area (Å²) in [7, 11) is 0. The fourth-order valence-corrected chi connectivity index (χ4v) is 3.75. The van der Waals surface area contributed by atoms with Gasteiger partial charge in [0.05, 0.1) is 5.75 Å². The predicted octanol–water partition coefficient (Wildman–Crippen LogP) is 6.02. The molecule has 0 saturated carbocycles. The highest BCUT2D eigenvalue weighted by molar-refractivity contribution is 7.99. The third-order valence-electron chi connectivity index (χ3n) is 4.75. The summed E-state index contributed by atoms with van der Waals surface area (Å²) in [6.45, 7) is 10.5. The highest BCUT2D eigenvalue weighted by atomic mass is 32.2. The number of aryl methyl sites for hydroxylation is 1. The van der Waals surface area contributed by atoms with E-state index < -0.39 is 0 Å². The summed E-state index contributed by atoms with van der Waals surface area (Å²) >= 11 is 1.25. The van der Waals surface area contributed by atoms with Crippen molar-refractivity contribution in [1.82, 2.24) is 10.2 Å². The standard InChI is InChI=1S/C23H27N3O2S/c1-14(2)17-11-8-12-18(15(3)4)21(17)24-20(27)13-29-23-26-25-22(28-23)19-10-7-6-9-16(19)5/h6-12,14-15H,13H2,1-5H3,(H,24,27). The maximum atomic E-state index is 12.6. The molecular weight excluding hydrogens is 382 g/mol. The normalized spacial score (nSPS) is 11.3. The number of rotatable bonds is 7. The topological polar surface area (TPSA) is 68.0 Å². The van der Waals surface area contributed by atoms with Gasteiger partial charge < -0.3 is 9.73 Å². The number of carbonyl (C=O) groups excluding carboxylic acids is 1. The van der Waals surface area contributed by atoms with Crippen LogP contribution < -0.4 is 5.32 Å². The molecule has 0 spiro atoms. The Kier molecular flexibility index (Phi) is 6.75. The molecule has 5 nitrogen and oxygen atoms in total. The van der Waals surface area contributed by atoms with E-state index in [1.54, 1.807) is 0 Å². The number of carbonyl (C=O) groups is 1. The van der Waals surface area contributed by atoms with E-state index in [1.165, 1.54) is 11.8 Å². The van der Waals surface area contributed by atoms with E-state index in [1.807, 2.05) is 31.2 Å². The Morgan fingerprint density at radius 3 is 2.28 bits per heavy atom. The molecule has 0 fully saturated rings. The summed E-state index contributed by atoms with van der Waals surface area (Å²) in [4.78, 5) is 12.6. The van der Waals surface area contributed by atoms with Gasteiger partial charge in [0, 0.05) is 11.3 Å². The van der Waals surface area contributed by atoms with Crippen LogP contribution in [0.4, 0.5) is 5.69 Å². The van der Waals surface area contributed by atoms with Gasteiger partial charge in [-0.3, -0.25) is 4.79 Å².